The highest BCUT2D eigenvalue weighted by Gasteiger charge is 2.24. The first-order valence-electron chi connectivity index (χ1n) is 5.49. The molecule has 0 amide bonds. The van der Waals surface area contributed by atoms with Gasteiger partial charge in [0.15, 0.2) is 6.29 Å². The molecule has 0 aromatic carbocycles. The molecule has 0 bridgehead atoms. The standard InChI is InChI=1S/C11H22O4S/c1-7(2)4-8(3)16-6-10(14)11(15)9(13)5-12/h5,7-11,13-15H,4,6H2,1-3H3/t8?,9-,10+,11-/m0/s1. The number of aliphatic hydroxyl groups excluding tert-OH is 3. The first kappa shape index (κ1) is 15.9. The molecule has 0 aliphatic rings. The summed E-state index contributed by atoms with van der Waals surface area (Å²) in [6, 6.07) is 0. The normalized spacial score (nSPS) is 19.2. The molecule has 96 valence electrons. The third-order valence-corrected chi connectivity index (χ3v) is 3.53. The molecule has 0 saturated heterocycles. The number of hydrogen-bond donors (Lipinski definition) is 3. The van der Waals surface area contributed by atoms with Gasteiger partial charge in [-0.15, -0.1) is 0 Å². The van der Waals surface area contributed by atoms with Crippen LogP contribution in [-0.4, -0.2) is 50.9 Å². The van der Waals surface area contributed by atoms with Crippen molar-refractivity contribution in [3.63, 3.8) is 0 Å². The highest BCUT2D eigenvalue weighted by Crippen LogP contribution is 2.20. The first-order chi connectivity index (χ1) is 7.38. The van der Waals surface area contributed by atoms with Crippen molar-refractivity contribution < 1.29 is 20.1 Å². The zero-order valence-corrected chi connectivity index (χ0v) is 10.9. The minimum Gasteiger partial charge on any atom is -0.389 e. The Morgan fingerprint density at radius 3 is 2.19 bits per heavy atom. The van der Waals surface area contributed by atoms with Crippen LogP contribution in [0.2, 0.25) is 0 Å². The van der Waals surface area contributed by atoms with Crippen molar-refractivity contribution in [3.05, 3.63) is 0 Å². The number of thioether (sulfide) groups is 1. The predicted molar refractivity (Wildman–Crippen MR) is 65.5 cm³/mol. The molecule has 5 heteroatoms. The SMILES string of the molecule is CC(C)CC(C)SC[C@@H](O)[C@@H](O)[C@@H](O)C=O. The van der Waals surface area contributed by atoms with Crippen LogP contribution in [0.15, 0.2) is 0 Å². The van der Waals surface area contributed by atoms with Crippen LogP contribution in [0.25, 0.3) is 0 Å². The van der Waals surface area contributed by atoms with Crippen LogP contribution in [0.4, 0.5) is 0 Å². The van der Waals surface area contributed by atoms with E-state index in [-0.39, 0.29) is 6.29 Å². The van der Waals surface area contributed by atoms with Gasteiger partial charge < -0.3 is 20.1 Å². The first-order valence-corrected chi connectivity index (χ1v) is 6.54. The van der Waals surface area contributed by atoms with Crippen LogP contribution in [0, 0.1) is 5.92 Å². The Hall–Kier alpha value is -0.100. The summed E-state index contributed by atoms with van der Waals surface area (Å²) in [6.45, 7) is 6.30. The van der Waals surface area contributed by atoms with Crippen molar-refractivity contribution in [2.24, 2.45) is 5.92 Å². The molecular formula is C11H22O4S. The van der Waals surface area contributed by atoms with Gasteiger partial charge in [0, 0.05) is 11.0 Å². The predicted octanol–water partition coefficient (Wildman–Crippen LogP) is 0.436. The molecule has 0 fully saturated rings. The maximum atomic E-state index is 10.2. The largest absolute Gasteiger partial charge is 0.389 e. The number of hydrogen-bond acceptors (Lipinski definition) is 5. The summed E-state index contributed by atoms with van der Waals surface area (Å²) in [4.78, 5) is 10.2. The monoisotopic (exact) mass is 250 g/mol. The molecule has 0 heterocycles. The number of aliphatic hydroxyl groups is 3. The molecule has 0 aromatic heterocycles. The van der Waals surface area contributed by atoms with E-state index in [1.54, 1.807) is 0 Å². The van der Waals surface area contributed by atoms with E-state index in [2.05, 4.69) is 20.8 Å². The lowest BCUT2D eigenvalue weighted by Crippen LogP contribution is -2.39. The molecule has 0 saturated carbocycles. The lowest BCUT2D eigenvalue weighted by Gasteiger charge is -2.21. The van der Waals surface area contributed by atoms with Crippen molar-refractivity contribution in [1.82, 2.24) is 0 Å². The van der Waals surface area contributed by atoms with E-state index in [0.29, 0.717) is 16.9 Å². The molecule has 0 aliphatic heterocycles. The second kappa shape index (κ2) is 8.06. The van der Waals surface area contributed by atoms with Gasteiger partial charge in [-0.2, -0.15) is 11.8 Å². The molecule has 1 unspecified atom stereocenters. The molecular weight excluding hydrogens is 228 g/mol. The summed E-state index contributed by atoms with van der Waals surface area (Å²) in [5.74, 6) is 0.907. The molecule has 0 rings (SSSR count). The summed E-state index contributed by atoms with van der Waals surface area (Å²) in [6.07, 6.45) is -2.70. The van der Waals surface area contributed by atoms with Crippen molar-refractivity contribution in [2.45, 2.75) is 50.8 Å². The van der Waals surface area contributed by atoms with E-state index in [1.165, 1.54) is 11.8 Å². The van der Waals surface area contributed by atoms with E-state index >= 15 is 0 Å². The second-order valence-corrected chi connectivity index (χ2v) is 5.93. The Kier molecular flexibility index (Phi) is 8.01. The maximum Gasteiger partial charge on any atom is 0.151 e. The Bertz CT molecular complexity index is 198. The van der Waals surface area contributed by atoms with Gasteiger partial charge >= 0.3 is 0 Å². The van der Waals surface area contributed by atoms with Crippen LogP contribution >= 0.6 is 11.8 Å². The molecule has 0 spiro atoms. The Morgan fingerprint density at radius 2 is 1.75 bits per heavy atom. The van der Waals surface area contributed by atoms with Crippen molar-refractivity contribution in [2.75, 3.05) is 5.75 Å². The zero-order valence-electron chi connectivity index (χ0n) is 10.0. The van der Waals surface area contributed by atoms with Gasteiger partial charge in [-0.1, -0.05) is 20.8 Å². The fourth-order valence-electron chi connectivity index (χ4n) is 1.40. The van der Waals surface area contributed by atoms with Crippen molar-refractivity contribution in [3.8, 4) is 0 Å². The number of carbonyl (C=O) groups is 1. The van der Waals surface area contributed by atoms with E-state index in [0.717, 1.165) is 6.42 Å². The smallest absolute Gasteiger partial charge is 0.151 e. The fraction of sp³-hybridized carbons (Fsp3) is 0.909. The van der Waals surface area contributed by atoms with Crippen LogP contribution in [0.1, 0.15) is 27.2 Å². The molecule has 0 aliphatic carbocycles. The molecule has 4 nitrogen and oxygen atoms in total. The van der Waals surface area contributed by atoms with Gasteiger partial charge in [0.05, 0.1) is 6.10 Å². The molecule has 3 N–H and O–H groups in total. The lowest BCUT2D eigenvalue weighted by molar-refractivity contribution is -0.124. The summed E-state index contributed by atoms with van der Waals surface area (Å²) in [7, 11) is 0. The topological polar surface area (TPSA) is 77.8 Å². The van der Waals surface area contributed by atoms with E-state index in [4.69, 9.17) is 5.11 Å². The number of carbonyl (C=O) groups excluding carboxylic acids is 1. The fourth-order valence-corrected chi connectivity index (χ4v) is 2.65. The van der Waals surface area contributed by atoms with E-state index in [9.17, 15) is 15.0 Å². The van der Waals surface area contributed by atoms with Crippen LogP contribution in [0.3, 0.4) is 0 Å². The molecule has 0 radical (unpaired) electrons. The molecule has 0 aromatic rings. The Balaban J connectivity index is 3.87. The van der Waals surface area contributed by atoms with Gasteiger partial charge in [0.2, 0.25) is 0 Å². The summed E-state index contributed by atoms with van der Waals surface area (Å²) >= 11 is 1.53. The van der Waals surface area contributed by atoms with Gasteiger partial charge in [-0.25, -0.2) is 0 Å². The number of aldehydes is 1. The highest BCUT2D eigenvalue weighted by molar-refractivity contribution is 7.99. The minimum atomic E-state index is -1.50. The lowest BCUT2D eigenvalue weighted by atomic mass is 10.1. The second-order valence-electron chi connectivity index (χ2n) is 4.46. The van der Waals surface area contributed by atoms with Crippen LogP contribution in [-0.2, 0) is 4.79 Å². The maximum absolute atomic E-state index is 10.2. The van der Waals surface area contributed by atoms with Gasteiger partial charge in [-0.05, 0) is 12.3 Å². The Morgan fingerprint density at radius 1 is 1.19 bits per heavy atom. The molecule has 16 heavy (non-hydrogen) atoms. The summed E-state index contributed by atoms with van der Waals surface area (Å²) in [5.41, 5.74) is 0. The quantitative estimate of drug-likeness (QED) is 0.545. The average Bonchev–Trinajstić information content (AvgIpc) is 2.22. The summed E-state index contributed by atoms with van der Waals surface area (Å²) < 4.78 is 0. The van der Waals surface area contributed by atoms with E-state index < -0.39 is 18.3 Å². The minimum absolute atomic E-state index is 0.232. The number of rotatable bonds is 8. The van der Waals surface area contributed by atoms with Crippen LogP contribution < -0.4 is 0 Å². The summed E-state index contributed by atoms with van der Waals surface area (Å²) in [5, 5.41) is 28.3. The highest BCUT2D eigenvalue weighted by atomic mass is 32.2. The van der Waals surface area contributed by atoms with Gasteiger partial charge in [-0.3, -0.25) is 0 Å². The molecule has 4 atom stereocenters. The zero-order chi connectivity index (χ0) is 12.7. The van der Waals surface area contributed by atoms with Gasteiger partial charge in [0.25, 0.3) is 0 Å². The van der Waals surface area contributed by atoms with Gasteiger partial charge in [0.1, 0.15) is 12.2 Å². The van der Waals surface area contributed by atoms with Crippen molar-refractivity contribution >= 4 is 18.0 Å². The third kappa shape index (κ3) is 6.48. The van der Waals surface area contributed by atoms with E-state index in [1.807, 2.05) is 0 Å². The van der Waals surface area contributed by atoms with Crippen LogP contribution in [0.5, 0.6) is 0 Å². The Labute approximate surface area is 101 Å². The average molecular weight is 250 g/mol. The third-order valence-electron chi connectivity index (χ3n) is 2.24. The van der Waals surface area contributed by atoms with Crippen molar-refractivity contribution in [1.29, 1.82) is 0 Å².